The summed E-state index contributed by atoms with van der Waals surface area (Å²) in [5, 5.41) is 6.79. The zero-order valence-corrected chi connectivity index (χ0v) is 15.9. The van der Waals surface area contributed by atoms with Crippen LogP contribution in [-0.2, 0) is 11.3 Å². The van der Waals surface area contributed by atoms with Gasteiger partial charge in [-0.05, 0) is 30.5 Å². The Bertz CT molecular complexity index is 881. The minimum absolute atomic E-state index is 0.0380. The molecule has 0 saturated carbocycles. The highest BCUT2D eigenvalue weighted by atomic mass is 16.5. The van der Waals surface area contributed by atoms with Gasteiger partial charge in [0.15, 0.2) is 12.4 Å². The first-order valence-corrected chi connectivity index (χ1v) is 9.03. The maximum Gasteiger partial charge on any atom is 0.258 e. The fourth-order valence-corrected chi connectivity index (χ4v) is 2.59. The van der Waals surface area contributed by atoms with Gasteiger partial charge in [-0.3, -0.25) is 4.79 Å². The molecule has 3 aromatic rings. The van der Waals surface area contributed by atoms with E-state index in [0.29, 0.717) is 29.7 Å². The van der Waals surface area contributed by atoms with Gasteiger partial charge in [-0.2, -0.15) is 0 Å². The average Bonchev–Trinajstić information content (AvgIpc) is 3.14. The topological polar surface area (TPSA) is 64.4 Å². The standard InChI is InChI=1S/C22H24N2O3/c1-15(2)17-8-10-20(11-9-17)26-14-22(25)23-13-19-12-21(27-24-19)18-6-4-16(3)5-7-18/h4-12,15H,13-14H2,1-3H3,(H,23,25). The third kappa shape index (κ3) is 5.20. The number of aryl methyl sites for hydroxylation is 1. The van der Waals surface area contributed by atoms with Gasteiger partial charge < -0.3 is 14.6 Å². The predicted octanol–water partition coefficient (Wildman–Crippen LogP) is 4.47. The van der Waals surface area contributed by atoms with Crippen molar-refractivity contribution in [1.82, 2.24) is 10.5 Å². The number of ether oxygens (including phenoxy) is 1. The summed E-state index contributed by atoms with van der Waals surface area (Å²) in [6.45, 7) is 6.56. The lowest BCUT2D eigenvalue weighted by Gasteiger charge is -2.09. The van der Waals surface area contributed by atoms with Crippen molar-refractivity contribution >= 4 is 5.91 Å². The number of carbonyl (C=O) groups is 1. The van der Waals surface area contributed by atoms with E-state index in [1.165, 1.54) is 11.1 Å². The van der Waals surface area contributed by atoms with Crippen molar-refractivity contribution in [2.45, 2.75) is 33.2 Å². The normalized spacial score (nSPS) is 10.8. The van der Waals surface area contributed by atoms with Gasteiger partial charge in [-0.25, -0.2) is 0 Å². The highest BCUT2D eigenvalue weighted by Crippen LogP contribution is 2.21. The third-order valence-electron chi connectivity index (χ3n) is 4.28. The maximum absolute atomic E-state index is 12.0. The molecule has 0 unspecified atom stereocenters. The van der Waals surface area contributed by atoms with E-state index in [9.17, 15) is 4.79 Å². The van der Waals surface area contributed by atoms with Gasteiger partial charge in [0.25, 0.3) is 5.91 Å². The van der Waals surface area contributed by atoms with Gasteiger partial charge in [0.05, 0.1) is 6.54 Å². The second-order valence-corrected chi connectivity index (χ2v) is 6.84. The Balaban J connectivity index is 1.47. The molecule has 3 rings (SSSR count). The lowest BCUT2D eigenvalue weighted by Crippen LogP contribution is -2.28. The maximum atomic E-state index is 12.0. The fourth-order valence-electron chi connectivity index (χ4n) is 2.59. The van der Waals surface area contributed by atoms with Crippen LogP contribution < -0.4 is 10.1 Å². The lowest BCUT2D eigenvalue weighted by molar-refractivity contribution is -0.123. The highest BCUT2D eigenvalue weighted by Gasteiger charge is 2.09. The highest BCUT2D eigenvalue weighted by molar-refractivity contribution is 5.77. The molecular formula is C22H24N2O3. The Labute approximate surface area is 159 Å². The number of carbonyl (C=O) groups excluding carboxylic acids is 1. The molecule has 0 aliphatic carbocycles. The van der Waals surface area contributed by atoms with Crippen LogP contribution in [0.4, 0.5) is 0 Å². The number of amides is 1. The summed E-state index contributed by atoms with van der Waals surface area (Å²) in [7, 11) is 0. The zero-order valence-electron chi connectivity index (χ0n) is 15.9. The molecule has 0 spiro atoms. The van der Waals surface area contributed by atoms with Crippen LogP contribution >= 0.6 is 0 Å². The first kappa shape index (κ1) is 18.7. The molecule has 0 atom stereocenters. The van der Waals surface area contributed by atoms with Crippen LogP contribution in [-0.4, -0.2) is 17.7 Å². The number of aromatic nitrogens is 1. The molecule has 27 heavy (non-hydrogen) atoms. The van der Waals surface area contributed by atoms with Gasteiger partial charge in [-0.15, -0.1) is 0 Å². The van der Waals surface area contributed by atoms with Crippen LogP contribution in [0.5, 0.6) is 5.75 Å². The summed E-state index contributed by atoms with van der Waals surface area (Å²) in [5.41, 5.74) is 4.05. The Morgan fingerprint density at radius 1 is 1.11 bits per heavy atom. The van der Waals surface area contributed by atoms with Gasteiger partial charge in [0, 0.05) is 11.6 Å². The molecule has 0 fully saturated rings. The lowest BCUT2D eigenvalue weighted by atomic mass is 10.0. The summed E-state index contributed by atoms with van der Waals surface area (Å²) in [6.07, 6.45) is 0. The van der Waals surface area contributed by atoms with E-state index >= 15 is 0 Å². The van der Waals surface area contributed by atoms with Crippen molar-refractivity contribution < 1.29 is 14.1 Å². The van der Waals surface area contributed by atoms with Crippen LogP contribution in [0.3, 0.4) is 0 Å². The molecule has 5 heteroatoms. The Hall–Kier alpha value is -3.08. The van der Waals surface area contributed by atoms with Crippen LogP contribution in [0.25, 0.3) is 11.3 Å². The SMILES string of the molecule is Cc1ccc(-c2cc(CNC(=O)COc3ccc(C(C)C)cc3)no2)cc1. The summed E-state index contributed by atoms with van der Waals surface area (Å²) in [6, 6.07) is 17.6. The monoisotopic (exact) mass is 364 g/mol. The summed E-state index contributed by atoms with van der Waals surface area (Å²) >= 11 is 0. The Morgan fingerprint density at radius 2 is 1.81 bits per heavy atom. The van der Waals surface area contributed by atoms with Crippen molar-refractivity contribution in [2.24, 2.45) is 0 Å². The Kier molecular flexibility index (Phi) is 5.91. The molecule has 140 valence electrons. The van der Waals surface area contributed by atoms with Crippen LogP contribution in [0, 0.1) is 6.92 Å². The zero-order chi connectivity index (χ0) is 19.2. The predicted molar refractivity (Wildman–Crippen MR) is 105 cm³/mol. The summed E-state index contributed by atoms with van der Waals surface area (Å²) in [4.78, 5) is 12.0. The first-order valence-electron chi connectivity index (χ1n) is 9.03. The molecule has 0 aliphatic heterocycles. The van der Waals surface area contributed by atoms with Crippen molar-refractivity contribution in [1.29, 1.82) is 0 Å². The van der Waals surface area contributed by atoms with Gasteiger partial charge >= 0.3 is 0 Å². The van der Waals surface area contributed by atoms with E-state index in [0.717, 1.165) is 5.56 Å². The second-order valence-electron chi connectivity index (χ2n) is 6.84. The molecule has 2 aromatic carbocycles. The average molecular weight is 364 g/mol. The minimum atomic E-state index is -0.206. The number of rotatable bonds is 7. The van der Waals surface area contributed by atoms with Crippen molar-refractivity contribution in [3.8, 4) is 17.1 Å². The molecular weight excluding hydrogens is 340 g/mol. The van der Waals surface area contributed by atoms with E-state index in [1.54, 1.807) is 0 Å². The molecule has 1 amide bonds. The summed E-state index contributed by atoms with van der Waals surface area (Å²) < 4.78 is 10.9. The Morgan fingerprint density at radius 3 is 2.48 bits per heavy atom. The van der Waals surface area contributed by atoms with Crippen LogP contribution in [0.2, 0.25) is 0 Å². The van der Waals surface area contributed by atoms with E-state index in [2.05, 4.69) is 24.3 Å². The van der Waals surface area contributed by atoms with E-state index in [-0.39, 0.29) is 12.5 Å². The van der Waals surface area contributed by atoms with Crippen LogP contribution in [0.15, 0.2) is 59.1 Å². The largest absolute Gasteiger partial charge is 0.484 e. The van der Waals surface area contributed by atoms with E-state index in [1.807, 2.05) is 61.5 Å². The first-order chi connectivity index (χ1) is 13.0. The van der Waals surface area contributed by atoms with E-state index < -0.39 is 0 Å². The number of hydrogen-bond donors (Lipinski definition) is 1. The van der Waals surface area contributed by atoms with Crippen molar-refractivity contribution in [2.75, 3.05) is 6.61 Å². The number of benzene rings is 2. The number of nitrogens with zero attached hydrogens (tertiary/aromatic N) is 1. The van der Waals surface area contributed by atoms with Gasteiger partial charge in [-0.1, -0.05) is 61.0 Å². The quantitative estimate of drug-likeness (QED) is 0.672. The number of hydrogen-bond acceptors (Lipinski definition) is 4. The number of nitrogens with one attached hydrogen (secondary N) is 1. The molecule has 0 saturated heterocycles. The molecule has 0 bridgehead atoms. The van der Waals surface area contributed by atoms with Gasteiger partial charge in [0.1, 0.15) is 11.4 Å². The molecule has 0 aliphatic rings. The van der Waals surface area contributed by atoms with Crippen molar-refractivity contribution in [3.63, 3.8) is 0 Å². The van der Waals surface area contributed by atoms with E-state index in [4.69, 9.17) is 9.26 Å². The third-order valence-corrected chi connectivity index (χ3v) is 4.28. The van der Waals surface area contributed by atoms with Crippen LogP contribution in [0.1, 0.15) is 36.6 Å². The minimum Gasteiger partial charge on any atom is -0.484 e. The van der Waals surface area contributed by atoms with Gasteiger partial charge in [0.2, 0.25) is 0 Å². The summed E-state index contributed by atoms with van der Waals surface area (Å²) in [5.74, 6) is 1.62. The smallest absolute Gasteiger partial charge is 0.258 e. The van der Waals surface area contributed by atoms with Crippen molar-refractivity contribution in [3.05, 3.63) is 71.4 Å². The molecule has 0 radical (unpaired) electrons. The fraction of sp³-hybridized carbons (Fsp3) is 0.273. The molecule has 1 heterocycles. The molecule has 1 N–H and O–H groups in total. The molecule has 1 aromatic heterocycles. The second kappa shape index (κ2) is 8.54. The molecule has 5 nitrogen and oxygen atoms in total.